The van der Waals surface area contributed by atoms with E-state index in [-0.39, 0.29) is 0 Å². The third-order valence-corrected chi connectivity index (χ3v) is 11.1. The number of para-hydroxylation sites is 5. The molecule has 12 rings (SSSR count). The summed E-state index contributed by atoms with van der Waals surface area (Å²) in [6.45, 7) is 0. The molecule has 0 fully saturated rings. The summed E-state index contributed by atoms with van der Waals surface area (Å²) in [6.07, 6.45) is 0. The normalized spacial score (nSPS) is 12.0. The fourth-order valence-corrected chi connectivity index (χ4v) is 8.84. The Morgan fingerprint density at radius 1 is 0.382 bits per heavy atom. The molecule has 5 heterocycles. The van der Waals surface area contributed by atoms with Gasteiger partial charge in [-0.2, -0.15) is 25.5 Å². The molecule has 12 aromatic rings. The van der Waals surface area contributed by atoms with Crippen LogP contribution in [0, 0.1) is 22.7 Å². The average molecular weight is 701 g/mol. The van der Waals surface area contributed by atoms with Gasteiger partial charge in [-0.05, 0) is 48.5 Å². The van der Waals surface area contributed by atoms with Crippen LogP contribution in [0.4, 0.5) is 0 Å². The molecular formula is C47H24N8. The fraction of sp³-hybridized carbons (Fsp3) is 0. The zero-order chi connectivity index (χ0) is 36.4. The van der Waals surface area contributed by atoms with Gasteiger partial charge in [0.15, 0.2) is 5.82 Å². The van der Waals surface area contributed by atoms with Gasteiger partial charge in [0, 0.05) is 48.7 Å². The van der Waals surface area contributed by atoms with Gasteiger partial charge in [-0.15, -0.1) is 0 Å². The summed E-state index contributed by atoms with van der Waals surface area (Å²) in [5, 5.41) is 28.7. The minimum atomic E-state index is 0.416. The Hall–Kier alpha value is -8.07. The van der Waals surface area contributed by atoms with Gasteiger partial charge in [-0.3, -0.25) is 9.13 Å². The second-order valence-corrected chi connectivity index (χ2v) is 13.9. The molecule has 0 amide bonds. The summed E-state index contributed by atoms with van der Waals surface area (Å²) in [5.41, 5.74) is 8.70. The molecular weight excluding hydrogens is 677 g/mol. The Labute approximate surface area is 311 Å². The van der Waals surface area contributed by atoms with Crippen molar-refractivity contribution in [3.63, 3.8) is 0 Å². The van der Waals surface area contributed by atoms with Gasteiger partial charge in [0.25, 0.3) is 0 Å². The first-order valence-corrected chi connectivity index (χ1v) is 18.0. The highest BCUT2D eigenvalue weighted by atomic mass is 15.3. The lowest BCUT2D eigenvalue weighted by molar-refractivity contribution is 0.893. The number of rotatable bonds is 3. The van der Waals surface area contributed by atoms with Crippen LogP contribution in [-0.4, -0.2) is 28.5 Å². The summed E-state index contributed by atoms with van der Waals surface area (Å²) in [5.74, 6) is 1.33. The molecule has 0 unspecified atom stereocenters. The molecule has 0 aliphatic rings. The number of nitriles is 2. The minimum Gasteiger partial charge on any atom is -0.307 e. The lowest BCUT2D eigenvalue weighted by Gasteiger charge is -2.13. The van der Waals surface area contributed by atoms with Crippen molar-refractivity contribution in [3.8, 4) is 35.4 Å². The highest BCUT2D eigenvalue weighted by Crippen LogP contribution is 2.42. The molecule has 0 saturated heterocycles. The van der Waals surface area contributed by atoms with Crippen molar-refractivity contribution in [1.82, 2.24) is 28.5 Å². The smallest absolute Gasteiger partial charge is 0.240 e. The van der Waals surface area contributed by atoms with Crippen molar-refractivity contribution in [3.05, 3.63) is 157 Å². The number of hydrogen-bond donors (Lipinski definition) is 0. The molecule has 252 valence electrons. The third kappa shape index (κ3) is 3.89. The monoisotopic (exact) mass is 700 g/mol. The zero-order valence-electron chi connectivity index (χ0n) is 28.9. The average Bonchev–Trinajstić information content (AvgIpc) is 3.97. The molecule has 0 aliphatic carbocycles. The number of fused-ring (bicyclic) bond motifs is 12. The molecule has 0 saturated carbocycles. The van der Waals surface area contributed by atoms with Crippen LogP contribution in [0.2, 0.25) is 0 Å². The summed E-state index contributed by atoms with van der Waals surface area (Å²) in [7, 11) is 0. The number of benzene rings is 7. The predicted octanol–water partition coefficient (Wildman–Crippen LogP) is 10.6. The van der Waals surface area contributed by atoms with Gasteiger partial charge in [-0.1, -0.05) is 97.1 Å². The topological polar surface area (TPSA) is 101 Å². The Bertz CT molecular complexity index is 3550. The second kappa shape index (κ2) is 10.7. The number of nitrogens with zero attached hydrogens (tertiary/aromatic N) is 8. The van der Waals surface area contributed by atoms with Gasteiger partial charge in [-0.25, -0.2) is 0 Å². The van der Waals surface area contributed by atoms with Crippen LogP contribution in [0.1, 0.15) is 11.1 Å². The van der Waals surface area contributed by atoms with Crippen molar-refractivity contribution in [2.75, 3.05) is 0 Å². The first-order valence-electron chi connectivity index (χ1n) is 18.0. The summed E-state index contributed by atoms with van der Waals surface area (Å²) >= 11 is 0. The van der Waals surface area contributed by atoms with Gasteiger partial charge in [0.1, 0.15) is 0 Å². The SMILES string of the molecule is N#Cc1ccc2c3ccccc3n(-c3nc(-c4cccc5c6cccc7c8ccccc8n(c45)c76)nc(-n4c5ccccc5c5ccc(C#N)cc54)n3)c2c1. The Balaban J connectivity index is 1.26. The third-order valence-electron chi connectivity index (χ3n) is 11.1. The van der Waals surface area contributed by atoms with E-state index in [0.717, 1.165) is 71.0 Å². The lowest BCUT2D eigenvalue weighted by atomic mass is 10.1. The molecule has 0 bridgehead atoms. The number of aromatic nitrogens is 6. The van der Waals surface area contributed by atoms with Gasteiger partial charge < -0.3 is 4.40 Å². The molecule has 0 spiro atoms. The summed E-state index contributed by atoms with van der Waals surface area (Å²) < 4.78 is 6.43. The first kappa shape index (κ1) is 29.5. The molecule has 0 atom stereocenters. The molecule has 0 N–H and O–H groups in total. The van der Waals surface area contributed by atoms with Gasteiger partial charge >= 0.3 is 0 Å². The van der Waals surface area contributed by atoms with Crippen LogP contribution in [0.25, 0.3) is 105 Å². The van der Waals surface area contributed by atoms with Crippen molar-refractivity contribution in [2.45, 2.75) is 0 Å². The maximum Gasteiger partial charge on any atom is 0.240 e. The van der Waals surface area contributed by atoms with Crippen LogP contribution >= 0.6 is 0 Å². The molecule has 55 heavy (non-hydrogen) atoms. The summed E-state index contributed by atoms with van der Waals surface area (Å²) in [4.78, 5) is 16.0. The fourth-order valence-electron chi connectivity index (χ4n) is 8.84. The van der Waals surface area contributed by atoms with Crippen molar-refractivity contribution in [2.24, 2.45) is 0 Å². The highest BCUT2D eigenvalue weighted by Gasteiger charge is 2.24. The van der Waals surface area contributed by atoms with Gasteiger partial charge in [0.2, 0.25) is 11.9 Å². The van der Waals surface area contributed by atoms with Crippen LogP contribution in [0.15, 0.2) is 146 Å². The quantitative estimate of drug-likeness (QED) is 0.183. The Kier molecular flexibility index (Phi) is 5.76. The molecule has 7 aromatic carbocycles. The lowest BCUT2D eigenvalue weighted by Crippen LogP contribution is -2.10. The van der Waals surface area contributed by atoms with E-state index < -0.39 is 0 Å². The highest BCUT2D eigenvalue weighted by molar-refractivity contribution is 6.25. The largest absolute Gasteiger partial charge is 0.307 e. The Morgan fingerprint density at radius 2 is 0.818 bits per heavy atom. The maximum absolute atomic E-state index is 9.99. The first-order chi connectivity index (χ1) is 27.2. The maximum atomic E-state index is 9.99. The van der Waals surface area contributed by atoms with E-state index in [1.807, 2.05) is 69.8 Å². The van der Waals surface area contributed by atoms with E-state index in [0.29, 0.717) is 28.8 Å². The number of hydrogen-bond acceptors (Lipinski definition) is 5. The van der Waals surface area contributed by atoms with Crippen molar-refractivity contribution >= 4 is 81.7 Å². The summed E-state index contributed by atoms with van der Waals surface area (Å²) in [6, 6.07) is 53.8. The molecule has 5 aromatic heterocycles. The standard InChI is InChI=1S/C47H24N8/c48-25-27-19-21-32-29-9-1-4-16-38(29)53(41(32)23-27)46-50-45(51-47(52-46)54-39-17-5-2-10-30(39)33-22-20-28(26-49)24-42(33)54)37-15-8-14-36-35-13-7-12-34-31-11-3-6-18-40(31)55(43(34)35)44(36)37/h1-24H. The van der Waals surface area contributed by atoms with Gasteiger partial charge in [0.05, 0.1) is 61.9 Å². The van der Waals surface area contributed by atoms with Crippen LogP contribution in [0.3, 0.4) is 0 Å². The van der Waals surface area contributed by atoms with Crippen LogP contribution in [-0.2, 0) is 0 Å². The van der Waals surface area contributed by atoms with E-state index in [1.54, 1.807) is 0 Å². The molecule has 8 heteroatoms. The van der Waals surface area contributed by atoms with E-state index in [2.05, 4.69) is 101 Å². The molecule has 0 radical (unpaired) electrons. The van der Waals surface area contributed by atoms with E-state index in [1.165, 1.54) is 16.3 Å². The zero-order valence-corrected chi connectivity index (χ0v) is 28.9. The minimum absolute atomic E-state index is 0.416. The molecule has 0 aliphatic heterocycles. The van der Waals surface area contributed by atoms with E-state index in [9.17, 15) is 10.5 Å². The van der Waals surface area contributed by atoms with Crippen LogP contribution in [0.5, 0.6) is 0 Å². The van der Waals surface area contributed by atoms with Crippen LogP contribution < -0.4 is 0 Å². The second-order valence-electron chi connectivity index (χ2n) is 13.9. The van der Waals surface area contributed by atoms with Crippen molar-refractivity contribution in [1.29, 1.82) is 10.5 Å². The van der Waals surface area contributed by atoms with E-state index in [4.69, 9.17) is 15.0 Å². The Morgan fingerprint density at radius 3 is 1.38 bits per heavy atom. The van der Waals surface area contributed by atoms with E-state index >= 15 is 0 Å². The molecule has 8 nitrogen and oxygen atoms in total. The predicted molar refractivity (Wildman–Crippen MR) is 218 cm³/mol. The van der Waals surface area contributed by atoms with Crippen molar-refractivity contribution < 1.29 is 0 Å².